The van der Waals surface area contributed by atoms with Crippen molar-refractivity contribution >= 4 is 17.3 Å². The molecule has 3 aromatic rings. The van der Waals surface area contributed by atoms with Gasteiger partial charge in [-0.3, -0.25) is 9.59 Å². The zero-order chi connectivity index (χ0) is 22.0. The molecule has 0 spiro atoms. The van der Waals surface area contributed by atoms with Gasteiger partial charge in [0, 0.05) is 22.9 Å². The van der Waals surface area contributed by atoms with Crippen LogP contribution in [0, 0.1) is 0 Å². The van der Waals surface area contributed by atoms with E-state index in [1.807, 2.05) is 24.3 Å². The predicted octanol–water partition coefficient (Wildman–Crippen LogP) is 5.94. The average Bonchev–Trinajstić information content (AvgIpc) is 2.76. The summed E-state index contributed by atoms with van der Waals surface area (Å²) in [4.78, 5) is 25.0. The maximum Gasteiger partial charge on any atom is 0.210 e. The van der Waals surface area contributed by atoms with Crippen LogP contribution in [-0.2, 0) is 12.0 Å². The maximum absolute atomic E-state index is 12.7. The first-order valence-corrected chi connectivity index (χ1v) is 10.3. The van der Waals surface area contributed by atoms with E-state index in [0.29, 0.717) is 23.4 Å². The monoisotopic (exact) mass is 411 g/mol. The molecule has 0 aliphatic heterocycles. The Morgan fingerprint density at radius 2 is 1.45 bits per heavy atom. The summed E-state index contributed by atoms with van der Waals surface area (Å²) in [5, 5.41) is 3.06. The second-order valence-corrected chi connectivity index (χ2v) is 8.68. The van der Waals surface area contributed by atoms with Crippen molar-refractivity contribution in [1.29, 1.82) is 0 Å². The number of ether oxygens (including phenoxy) is 1. The lowest BCUT2D eigenvalue weighted by Crippen LogP contribution is -2.21. The molecule has 156 valence electrons. The third kappa shape index (κ3) is 4.58. The molecule has 31 heavy (non-hydrogen) atoms. The second-order valence-electron chi connectivity index (χ2n) is 8.68. The van der Waals surface area contributed by atoms with Crippen LogP contribution in [0.15, 0.2) is 84.6 Å². The van der Waals surface area contributed by atoms with Gasteiger partial charge in [-0.2, -0.15) is 0 Å². The molecule has 0 heterocycles. The number of Topliss-reactive ketones (excluding diaryl/α,β-unsaturated/α-hetero) is 1. The van der Waals surface area contributed by atoms with Crippen molar-refractivity contribution in [3.8, 4) is 5.75 Å². The first-order valence-electron chi connectivity index (χ1n) is 10.3. The van der Waals surface area contributed by atoms with Gasteiger partial charge in [0.25, 0.3) is 0 Å². The molecule has 4 rings (SSSR count). The van der Waals surface area contributed by atoms with Crippen molar-refractivity contribution in [2.24, 2.45) is 0 Å². The van der Waals surface area contributed by atoms with Crippen LogP contribution < -0.4 is 10.1 Å². The Bertz CT molecular complexity index is 1150. The maximum atomic E-state index is 12.7. The van der Waals surface area contributed by atoms with Crippen LogP contribution in [0.2, 0.25) is 0 Å². The number of hydrogen-bond acceptors (Lipinski definition) is 4. The summed E-state index contributed by atoms with van der Waals surface area (Å²) in [5.41, 5.74) is 4.38. The van der Waals surface area contributed by atoms with Crippen molar-refractivity contribution in [2.45, 2.75) is 32.8 Å². The van der Waals surface area contributed by atoms with Crippen molar-refractivity contribution in [1.82, 2.24) is 0 Å². The van der Waals surface area contributed by atoms with Crippen molar-refractivity contribution in [2.75, 3.05) is 5.32 Å². The summed E-state index contributed by atoms with van der Waals surface area (Å²) < 4.78 is 5.88. The second kappa shape index (κ2) is 8.23. The molecule has 0 saturated carbocycles. The quantitative estimate of drug-likeness (QED) is 0.565. The fourth-order valence-corrected chi connectivity index (χ4v) is 3.47. The molecule has 0 bridgehead atoms. The highest BCUT2D eigenvalue weighted by molar-refractivity contribution is 6.25. The van der Waals surface area contributed by atoms with Crippen LogP contribution in [0.1, 0.15) is 52.6 Å². The van der Waals surface area contributed by atoms with Gasteiger partial charge in [0.1, 0.15) is 12.4 Å². The Labute approximate surface area is 182 Å². The van der Waals surface area contributed by atoms with Crippen LogP contribution >= 0.6 is 0 Å². The zero-order valence-electron chi connectivity index (χ0n) is 17.9. The number of nitrogens with one attached hydrogen (secondary N) is 1. The topological polar surface area (TPSA) is 55.4 Å². The minimum absolute atomic E-state index is 0.129. The highest BCUT2D eigenvalue weighted by atomic mass is 16.5. The molecule has 0 fully saturated rings. The van der Waals surface area contributed by atoms with Gasteiger partial charge in [-0.1, -0.05) is 69.3 Å². The van der Waals surface area contributed by atoms with Crippen molar-refractivity contribution in [3.63, 3.8) is 0 Å². The summed E-state index contributed by atoms with van der Waals surface area (Å²) in [5.74, 6) is 0.375. The molecule has 4 nitrogen and oxygen atoms in total. The van der Waals surface area contributed by atoms with Crippen LogP contribution in [0.4, 0.5) is 5.69 Å². The summed E-state index contributed by atoms with van der Waals surface area (Å²) in [6.07, 6.45) is 1.36. The fraction of sp³-hybridized carbons (Fsp3) is 0.185. The van der Waals surface area contributed by atoms with E-state index in [2.05, 4.69) is 50.4 Å². The third-order valence-electron chi connectivity index (χ3n) is 5.32. The summed E-state index contributed by atoms with van der Waals surface area (Å²) in [6, 6.07) is 22.7. The molecule has 4 heteroatoms. The van der Waals surface area contributed by atoms with Gasteiger partial charge in [-0.05, 0) is 40.8 Å². The van der Waals surface area contributed by atoms with E-state index in [1.165, 1.54) is 11.6 Å². The van der Waals surface area contributed by atoms with Gasteiger partial charge in [0.15, 0.2) is 5.78 Å². The smallest absolute Gasteiger partial charge is 0.210 e. The molecule has 0 amide bonds. The van der Waals surface area contributed by atoms with Gasteiger partial charge in [0.2, 0.25) is 5.78 Å². The number of allylic oxidation sites excluding steroid dienone is 2. The average molecular weight is 412 g/mol. The first-order chi connectivity index (χ1) is 14.8. The SMILES string of the molecule is CC(C)(C)c1ccc(COc2ccc(NC3=CC(=O)c4ccccc4C3=O)cc2)cc1. The number of rotatable bonds is 5. The van der Waals surface area contributed by atoms with Crippen molar-refractivity contribution in [3.05, 3.63) is 107 Å². The van der Waals surface area contributed by atoms with Gasteiger partial charge in [0.05, 0.1) is 5.70 Å². The lowest BCUT2D eigenvalue weighted by molar-refractivity contribution is 0.0985. The van der Waals surface area contributed by atoms with Crippen LogP contribution in [-0.4, -0.2) is 11.6 Å². The Morgan fingerprint density at radius 1 is 0.806 bits per heavy atom. The molecular weight excluding hydrogens is 386 g/mol. The first kappa shape index (κ1) is 20.6. The van der Waals surface area contributed by atoms with Gasteiger partial charge in [-0.15, -0.1) is 0 Å². The van der Waals surface area contributed by atoms with Crippen LogP contribution in [0.25, 0.3) is 0 Å². The summed E-state index contributed by atoms with van der Waals surface area (Å²) in [6.45, 7) is 7.06. The lowest BCUT2D eigenvalue weighted by atomic mass is 9.87. The van der Waals surface area contributed by atoms with Crippen molar-refractivity contribution < 1.29 is 14.3 Å². The van der Waals surface area contributed by atoms with E-state index in [9.17, 15) is 9.59 Å². The molecule has 0 radical (unpaired) electrons. The van der Waals surface area contributed by atoms with E-state index in [4.69, 9.17) is 4.74 Å². The zero-order valence-corrected chi connectivity index (χ0v) is 17.9. The molecule has 1 aliphatic rings. The Morgan fingerprint density at radius 3 is 2.10 bits per heavy atom. The van der Waals surface area contributed by atoms with Crippen LogP contribution in [0.3, 0.4) is 0 Å². The number of ketones is 2. The number of fused-ring (bicyclic) bond motifs is 1. The minimum atomic E-state index is -0.186. The highest BCUT2D eigenvalue weighted by Crippen LogP contribution is 2.25. The largest absolute Gasteiger partial charge is 0.489 e. The Kier molecular flexibility index (Phi) is 5.47. The third-order valence-corrected chi connectivity index (χ3v) is 5.32. The van der Waals surface area contributed by atoms with E-state index in [1.54, 1.807) is 24.3 Å². The Balaban J connectivity index is 1.39. The van der Waals surface area contributed by atoms with Gasteiger partial charge < -0.3 is 10.1 Å². The van der Waals surface area contributed by atoms with E-state index in [0.717, 1.165) is 11.3 Å². The van der Waals surface area contributed by atoms with Gasteiger partial charge in [-0.25, -0.2) is 0 Å². The van der Waals surface area contributed by atoms with E-state index >= 15 is 0 Å². The molecule has 3 aromatic carbocycles. The van der Waals surface area contributed by atoms with E-state index in [-0.39, 0.29) is 22.7 Å². The number of carbonyl (C=O) groups excluding carboxylic acids is 2. The number of hydrogen-bond donors (Lipinski definition) is 1. The Hall–Kier alpha value is -3.66. The molecule has 0 unspecified atom stereocenters. The molecular formula is C27H25NO3. The number of benzene rings is 3. The number of anilines is 1. The predicted molar refractivity (Wildman–Crippen MR) is 123 cm³/mol. The standard InChI is InChI=1S/C27H25NO3/c1-27(2,3)19-10-8-18(9-11-19)17-31-21-14-12-20(13-15-21)28-24-16-25(29)22-6-4-5-7-23(22)26(24)30/h4-16,28H,17H2,1-3H3. The highest BCUT2D eigenvalue weighted by Gasteiger charge is 2.25. The normalized spacial score (nSPS) is 13.5. The van der Waals surface area contributed by atoms with E-state index < -0.39 is 0 Å². The molecule has 1 N–H and O–H groups in total. The van der Waals surface area contributed by atoms with Crippen LogP contribution in [0.5, 0.6) is 5.75 Å². The molecule has 0 atom stereocenters. The fourth-order valence-electron chi connectivity index (χ4n) is 3.47. The molecule has 1 aliphatic carbocycles. The summed E-state index contributed by atoms with van der Waals surface area (Å²) in [7, 11) is 0. The number of carbonyl (C=O) groups is 2. The minimum Gasteiger partial charge on any atom is -0.489 e. The lowest BCUT2D eigenvalue weighted by Gasteiger charge is -2.19. The van der Waals surface area contributed by atoms with Gasteiger partial charge >= 0.3 is 0 Å². The summed E-state index contributed by atoms with van der Waals surface area (Å²) >= 11 is 0. The molecule has 0 saturated heterocycles. The molecule has 0 aromatic heterocycles.